The molecule has 0 aliphatic carbocycles. The first-order valence-corrected chi connectivity index (χ1v) is 6.41. The van der Waals surface area contributed by atoms with Crippen molar-refractivity contribution >= 4 is 15.9 Å². The van der Waals surface area contributed by atoms with Crippen LogP contribution in [-0.4, -0.2) is 17.5 Å². The summed E-state index contributed by atoms with van der Waals surface area (Å²) >= 11 is 3.67. The molecule has 0 aromatic heterocycles. The van der Waals surface area contributed by atoms with Crippen molar-refractivity contribution in [2.75, 3.05) is 6.61 Å². The molecule has 0 saturated carbocycles. The molecule has 0 N–H and O–H groups in total. The topological polar surface area (TPSA) is 9.23 Å². The zero-order chi connectivity index (χ0) is 9.68. The summed E-state index contributed by atoms with van der Waals surface area (Å²) in [4.78, 5) is 0.652. The SMILES string of the molecule is CCC(CCC1CCCO1)C(C)Br. The summed E-state index contributed by atoms with van der Waals surface area (Å²) in [5.41, 5.74) is 0. The lowest BCUT2D eigenvalue weighted by molar-refractivity contribution is 0.0979. The molecule has 0 radical (unpaired) electrons. The van der Waals surface area contributed by atoms with Crippen LogP contribution >= 0.6 is 15.9 Å². The van der Waals surface area contributed by atoms with E-state index in [0.717, 1.165) is 12.5 Å². The molecule has 0 aromatic carbocycles. The molecule has 0 amide bonds. The van der Waals surface area contributed by atoms with Gasteiger partial charge in [-0.15, -0.1) is 0 Å². The summed E-state index contributed by atoms with van der Waals surface area (Å²) in [5.74, 6) is 0.823. The van der Waals surface area contributed by atoms with Crippen LogP contribution in [0, 0.1) is 5.92 Å². The van der Waals surface area contributed by atoms with Gasteiger partial charge in [0.1, 0.15) is 0 Å². The van der Waals surface area contributed by atoms with Crippen molar-refractivity contribution in [3.05, 3.63) is 0 Å². The third-order valence-electron chi connectivity index (χ3n) is 3.06. The minimum atomic E-state index is 0.570. The van der Waals surface area contributed by atoms with Crippen LogP contribution < -0.4 is 0 Å². The Kier molecular flexibility index (Phi) is 5.34. The summed E-state index contributed by atoms with van der Waals surface area (Å²) in [6.45, 7) is 5.52. The molecule has 1 aliphatic rings. The number of alkyl halides is 1. The van der Waals surface area contributed by atoms with Crippen LogP contribution in [0.4, 0.5) is 0 Å². The lowest BCUT2D eigenvalue weighted by Gasteiger charge is -2.19. The highest BCUT2D eigenvalue weighted by molar-refractivity contribution is 9.09. The second-order valence-electron chi connectivity index (χ2n) is 4.06. The van der Waals surface area contributed by atoms with Gasteiger partial charge in [-0.3, -0.25) is 0 Å². The van der Waals surface area contributed by atoms with Crippen LogP contribution in [0.5, 0.6) is 0 Å². The molecule has 3 unspecified atom stereocenters. The fraction of sp³-hybridized carbons (Fsp3) is 1.00. The maximum Gasteiger partial charge on any atom is 0.0576 e. The van der Waals surface area contributed by atoms with E-state index in [2.05, 4.69) is 29.8 Å². The molecule has 1 heterocycles. The minimum Gasteiger partial charge on any atom is -0.378 e. The fourth-order valence-corrected chi connectivity index (χ4v) is 2.67. The van der Waals surface area contributed by atoms with E-state index in [1.807, 2.05) is 0 Å². The smallest absolute Gasteiger partial charge is 0.0576 e. The number of ether oxygens (including phenoxy) is 1. The van der Waals surface area contributed by atoms with Crippen molar-refractivity contribution in [3.8, 4) is 0 Å². The van der Waals surface area contributed by atoms with Crippen molar-refractivity contribution < 1.29 is 4.74 Å². The molecular formula is C11H21BrO. The number of halogens is 1. The molecular weight excluding hydrogens is 228 g/mol. The molecule has 1 aliphatic heterocycles. The van der Waals surface area contributed by atoms with Crippen molar-refractivity contribution in [2.24, 2.45) is 5.92 Å². The molecule has 1 rings (SSSR count). The highest BCUT2D eigenvalue weighted by Gasteiger charge is 2.19. The quantitative estimate of drug-likeness (QED) is 0.674. The van der Waals surface area contributed by atoms with Gasteiger partial charge in [0.05, 0.1) is 6.10 Å². The normalized spacial score (nSPS) is 27.5. The summed E-state index contributed by atoms with van der Waals surface area (Å²) in [6.07, 6.45) is 6.97. The van der Waals surface area contributed by atoms with E-state index in [1.54, 1.807) is 0 Å². The van der Waals surface area contributed by atoms with Crippen LogP contribution in [0.1, 0.15) is 46.0 Å². The lowest BCUT2D eigenvalue weighted by atomic mass is 9.95. The average Bonchev–Trinajstić information content (AvgIpc) is 2.57. The van der Waals surface area contributed by atoms with Crippen molar-refractivity contribution in [1.29, 1.82) is 0 Å². The van der Waals surface area contributed by atoms with E-state index in [1.165, 1.54) is 32.1 Å². The van der Waals surface area contributed by atoms with Gasteiger partial charge in [-0.1, -0.05) is 36.2 Å². The monoisotopic (exact) mass is 248 g/mol. The highest BCUT2D eigenvalue weighted by atomic mass is 79.9. The van der Waals surface area contributed by atoms with Gasteiger partial charge in [0.15, 0.2) is 0 Å². The molecule has 1 nitrogen and oxygen atoms in total. The van der Waals surface area contributed by atoms with Crippen LogP contribution in [-0.2, 0) is 4.74 Å². The maximum absolute atomic E-state index is 5.61. The zero-order valence-corrected chi connectivity index (χ0v) is 10.3. The van der Waals surface area contributed by atoms with E-state index in [0.29, 0.717) is 10.9 Å². The maximum atomic E-state index is 5.61. The molecule has 0 bridgehead atoms. The highest BCUT2D eigenvalue weighted by Crippen LogP contribution is 2.25. The van der Waals surface area contributed by atoms with Gasteiger partial charge in [-0.2, -0.15) is 0 Å². The standard InChI is InChI=1S/C11H21BrO/c1-3-10(9(2)12)6-7-11-5-4-8-13-11/h9-11H,3-8H2,1-2H3. The summed E-state index contributed by atoms with van der Waals surface area (Å²) < 4.78 is 5.61. The van der Waals surface area contributed by atoms with Crippen molar-refractivity contribution in [2.45, 2.75) is 56.9 Å². The summed E-state index contributed by atoms with van der Waals surface area (Å²) in [7, 11) is 0. The van der Waals surface area contributed by atoms with E-state index < -0.39 is 0 Å². The second kappa shape index (κ2) is 6.02. The number of hydrogen-bond acceptors (Lipinski definition) is 1. The average molecular weight is 249 g/mol. The minimum absolute atomic E-state index is 0.570. The second-order valence-corrected chi connectivity index (χ2v) is 5.50. The Labute approximate surface area is 90.4 Å². The molecule has 13 heavy (non-hydrogen) atoms. The van der Waals surface area contributed by atoms with Gasteiger partial charge in [0.25, 0.3) is 0 Å². The molecule has 0 aromatic rings. The van der Waals surface area contributed by atoms with Gasteiger partial charge in [-0.25, -0.2) is 0 Å². The van der Waals surface area contributed by atoms with Crippen LogP contribution in [0.2, 0.25) is 0 Å². The Bertz CT molecular complexity index is 130. The fourth-order valence-electron chi connectivity index (χ4n) is 2.03. The first-order valence-electron chi connectivity index (χ1n) is 5.49. The van der Waals surface area contributed by atoms with Crippen molar-refractivity contribution in [1.82, 2.24) is 0 Å². The van der Waals surface area contributed by atoms with Gasteiger partial charge in [0, 0.05) is 11.4 Å². The zero-order valence-electron chi connectivity index (χ0n) is 8.76. The largest absolute Gasteiger partial charge is 0.378 e. The first kappa shape index (κ1) is 11.5. The Morgan fingerprint density at radius 3 is 2.77 bits per heavy atom. The Hall–Kier alpha value is 0.440. The molecule has 0 spiro atoms. The number of hydrogen-bond donors (Lipinski definition) is 0. The summed E-state index contributed by atoms with van der Waals surface area (Å²) in [6, 6.07) is 0. The molecule has 2 heteroatoms. The predicted octanol–water partition coefficient (Wildman–Crippen LogP) is 3.76. The van der Waals surface area contributed by atoms with Crippen molar-refractivity contribution in [3.63, 3.8) is 0 Å². The molecule has 1 saturated heterocycles. The van der Waals surface area contributed by atoms with E-state index in [9.17, 15) is 0 Å². The Morgan fingerprint density at radius 1 is 1.54 bits per heavy atom. The predicted molar refractivity (Wildman–Crippen MR) is 60.4 cm³/mol. The number of rotatable bonds is 5. The Morgan fingerprint density at radius 2 is 2.31 bits per heavy atom. The van der Waals surface area contributed by atoms with Crippen LogP contribution in [0.3, 0.4) is 0 Å². The Balaban J connectivity index is 2.15. The lowest BCUT2D eigenvalue weighted by Crippen LogP contribution is -2.14. The first-order chi connectivity index (χ1) is 6.24. The molecule has 3 atom stereocenters. The van der Waals surface area contributed by atoms with Gasteiger partial charge >= 0.3 is 0 Å². The van der Waals surface area contributed by atoms with Gasteiger partial charge < -0.3 is 4.74 Å². The van der Waals surface area contributed by atoms with Crippen LogP contribution in [0.15, 0.2) is 0 Å². The third-order valence-corrected chi connectivity index (χ3v) is 3.81. The van der Waals surface area contributed by atoms with Gasteiger partial charge in [-0.05, 0) is 31.6 Å². The molecule has 78 valence electrons. The van der Waals surface area contributed by atoms with E-state index in [-0.39, 0.29) is 0 Å². The molecule has 1 fully saturated rings. The van der Waals surface area contributed by atoms with Crippen LogP contribution in [0.25, 0.3) is 0 Å². The van der Waals surface area contributed by atoms with E-state index in [4.69, 9.17) is 4.74 Å². The van der Waals surface area contributed by atoms with Gasteiger partial charge in [0.2, 0.25) is 0 Å². The third kappa shape index (κ3) is 3.99. The van der Waals surface area contributed by atoms with E-state index >= 15 is 0 Å². The summed E-state index contributed by atoms with van der Waals surface area (Å²) in [5, 5.41) is 0.